The van der Waals surface area contributed by atoms with Crippen molar-refractivity contribution in [2.45, 2.75) is 45.2 Å². The lowest BCUT2D eigenvalue weighted by Gasteiger charge is -2.06. The van der Waals surface area contributed by atoms with E-state index in [0.29, 0.717) is 0 Å². The summed E-state index contributed by atoms with van der Waals surface area (Å²) < 4.78 is 0. The van der Waals surface area contributed by atoms with Crippen LogP contribution in [0.25, 0.3) is 0 Å². The molecule has 0 heterocycles. The fourth-order valence-electron chi connectivity index (χ4n) is 0.465. The third-order valence-corrected chi connectivity index (χ3v) is 1.74. The molecule has 0 fully saturated rings. The molecule has 0 bridgehead atoms. The first-order valence-corrected chi connectivity index (χ1v) is 4.97. The number of hydrogen-bond acceptors (Lipinski definition) is 4. The average molecular weight is 190 g/mol. The molecule has 0 saturated heterocycles. The fraction of sp³-hybridized carbons (Fsp3) is 1.00. The Morgan fingerprint density at radius 2 is 1.08 bits per heavy atom. The monoisotopic (exact) mass is 190 g/mol. The van der Waals surface area contributed by atoms with Crippen molar-refractivity contribution in [3.05, 3.63) is 0 Å². The van der Waals surface area contributed by atoms with E-state index < -0.39 is 0 Å². The molecule has 0 spiro atoms. The second-order valence-electron chi connectivity index (χ2n) is 3.36. The van der Waals surface area contributed by atoms with Crippen LogP contribution in [0.2, 0.25) is 0 Å². The van der Waals surface area contributed by atoms with Crippen LogP contribution < -0.4 is 22.9 Å². The van der Waals surface area contributed by atoms with E-state index in [1.807, 2.05) is 13.8 Å². The Balaban J connectivity index is 0. The molecule has 0 saturated carbocycles. The second-order valence-corrected chi connectivity index (χ2v) is 3.36. The van der Waals surface area contributed by atoms with Crippen LogP contribution in [0.4, 0.5) is 0 Å². The minimum atomic E-state index is 0.130. The summed E-state index contributed by atoms with van der Waals surface area (Å²) in [6.07, 6.45) is 3.43. The molecule has 0 aromatic carbocycles. The normalized spacial score (nSPS) is 14.3. The maximum Gasteiger partial charge on any atom is 0.0160 e. The highest BCUT2D eigenvalue weighted by atomic mass is 14.7. The third kappa shape index (κ3) is 18.7. The Morgan fingerprint density at radius 3 is 1.23 bits per heavy atom. The van der Waals surface area contributed by atoms with Gasteiger partial charge in [0.05, 0.1) is 0 Å². The number of rotatable bonds is 5. The van der Waals surface area contributed by atoms with Crippen LogP contribution >= 0.6 is 0 Å². The minimum absolute atomic E-state index is 0.130. The molecule has 82 valence electrons. The maximum atomic E-state index is 5.31. The van der Waals surface area contributed by atoms with Crippen LogP contribution in [0, 0.1) is 0 Å². The Labute approximate surface area is 82.0 Å². The van der Waals surface area contributed by atoms with Gasteiger partial charge in [-0.05, 0) is 39.8 Å². The van der Waals surface area contributed by atoms with Gasteiger partial charge >= 0.3 is 0 Å². The lowest BCUT2D eigenvalue weighted by Crippen LogP contribution is -2.35. The standard InChI is InChI=1S/C5H14N2.C4H12N2/c6-4-2-1-3-5-7;1-3(5)4(2)6/h1-7H2;3-4H,5-6H2,1-2H3. The van der Waals surface area contributed by atoms with Gasteiger partial charge in [-0.1, -0.05) is 6.42 Å². The third-order valence-electron chi connectivity index (χ3n) is 1.74. The van der Waals surface area contributed by atoms with Crippen molar-refractivity contribution in [3.63, 3.8) is 0 Å². The average Bonchev–Trinajstić information content (AvgIpc) is 2.06. The first kappa shape index (κ1) is 15.3. The van der Waals surface area contributed by atoms with Crippen molar-refractivity contribution in [3.8, 4) is 0 Å². The van der Waals surface area contributed by atoms with E-state index in [1.54, 1.807) is 0 Å². The van der Waals surface area contributed by atoms with Crippen molar-refractivity contribution in [1.82, 2.24) is 0 Å². The fourth-order valence-corrected chi connectivity index (χ4v) is 0.465. The smallest absolute Gasteiger partial charge is 0.0160 e. The molecule has 4 nitrogen and oxygen atoms in total. The van der Waals surface area contributed by atoms with E-state index in [-0.39, 0.29) is 12.1 Å². The highest BCUT2D eigenvalue weighted by molar-refractivity contribution is 4.63. The molecular formula is C9H26N4. The predicted octanol–water partition coefficient (Wildman–Crippen LogP) is -0.245. The number of unbranched alkanes of at least 4 members (excludes halogenated alkanes) is 2. The van der Waals surface area contributed by atoms with Crippen molar-refractivity contribution in [1.29, 1.82) is 0 Å². The largest absolute Gasteiger partial charge is 0.330 e. The molecule has 0 radical (unpaired) electrons. The van der Waals surface area contributed by atoms with Crippen LogP contribution in [0.15, 0.2) is 0 Å². The van der Waals surface area contributed by atoms with E-state index in [4.69, 9.17) is 22.9 Å². The molecule has 2 atom stereocenters. The molecule has 8 N–H and O–H groups in total. The molecule has 0 aliphatic carbocycles. The molecule has 4 heteroatoms. The van der Waals surface area contributed by atoms with E-state index in [2.05, 4.69) is 0 Å². The SMILES string of the molecule is CC(N)C(C)N.NCCCCCN. The van der Waals surface area contributed by atoms with Crippen LogP contribution in [-0.2, 0) is 0 Å². The van der Waals surface area contributed by atoms with E-state index in [0.717, 1.165) is 25.9 Å². The number of hydrogen-bond donors (Lipinski definition) is 4. The summed E-state index contributed by atoms with van der Waals surface area (Å²) >= 11 is 0. The van der Waals surface area contributed by atoms with Gasteiger partial charge < -0.3 is 22.9 Å². The van der Waals surface area contributed by atoms with E-state index in [9.17, 15) is 0 Å². The maximum absolute atomic E-state index is 5.31. The molecular weight excluding hydrogens is 164 g/mol. The Kier molecular flexibility index (Phi) is 14.0. The summed E-state index contributed by atoms with van der Waals surface area (Å²) in [5.74, 6) is 0. The van der Waals surface area contributed by atoms with Crippen LogP contribution in [-0.4, -0.2) is 25.2 Å². The highest BCUT2D eigenvalue weighted by Gasteiger charge is 1.96. The van der Waals surface area contributed by atoms with Gasteiger partial charge in [-0.15, -0.1) is 0 Å². The summed E-state index contributed by atoms with van der Waals surface area (Å²) in [6, 6.07) is 0.259. The zero-order chi connectivity index (χ0) is 10.7. The lowest BCUT2D eigenvalue weighted by molar-refractivity contribution is 0.603. The second kappa shape index (κ2) is 11.8. The van der Waals surface area contributed by atoms with Gasteiger partial charge in [-0.25, -0.2) is 0 Å². The van der Waals surface area contributed by atoms with Crippen LogP contribution in [0.1, 0.15) is 33.1 Å². The Morgan fingerprint density at radius 1 is 0.769 bits per heavy atom. The molecule has 0 aliphatic heterocycles. The first-order chi connectivity index (χ1) is 6.06. The summed E-state index contributed by atoms with van der Waals surface area (Å²) in [5, 5.41) is 0. The zero-order valence-corrected chi connectivity index (χ0v) is 9.00. The van der Waals surface area contributed by atoms with Gasteiger partial charge in [-0.2, -0.15) is 0 Å². The molecule has 2 unspecified atom stereocenters. The van der Waals surface area contributed by atoms with Crippen LogP contribution in [0.5, 0.6) is 0 Å². The van der Waals surface area contributed by atoms with Crippen molar-refractivity contribution >= 4 is 0 Å². The van der Waals surface area contributed by atoms with E-state index in [1.165, 1.54) is 6.42 Å². The summed E-state index contributed by atoms with van der Waals surface area (Å²) in [7, 11) is 0. The van der Waals surface area contributed by atoms with Gasteiger partial charge in [0.15, 0.2) is 0 Å². The highest BCUT2D eigenvalue weighted by Crippen LogP contribution is 1.88. The molecule has 0 aromatic rings. The summed E-state index contributed by atoms with van der Waals surface area (Å²) in [6.45, 7) is 5.40. The van der Waals surface area contributed by atoms with Gasteiger partial charge in [0.1, 0.15) is 0 Å². The molecule has 0 rings (SSSR count). The molecule has 0 aliphatic rings. The van der Waals surface area contributed by atoms with Crippen molar-refractivity contribution in [2.75, 3.05) is 13.1 Å². The molecule has 0 amide bonds. The lowest BCUT2D eigenvalue weighted by atomic mass is 10.2. The van der Waals surface area contributed by atoms with Gasteiger partial charge in [0.2, 0.25) is 0 Å². The van der Waals surface area contributed by atoms with Crippen LogP contribution in [0.3, 0.4) is 0 Å². The topological polar surface area (TPSA) is 104 Å². The zero-order valence-electron chi connectivity index (χ0n) is 9.00. The first-order valence-electron chi connectivity index (χ1n) is 4.97. The van der Waals surface area contributed by atoms with E-state index >= 15 is 0 Å². The molecule has 13 heavy (non-hydrogen) atoms. The summed E-state index contributed by atoms with van der Waals surface area (Å²) in [5.41, 5.74) is 21.1. The van der Waals surface area contributed by atoms with Gasteiger partial charge in [0.25, 0.3) is 0 Å². The van der Waals surface area contributed by atoms with Crippen molar-refractivity contribution in [2.24, 2.45) is 22.9 Å². The van der Waals surface area contributed by atoms with Gasteiger partial charge in [-0.3, -0.25) is 0 Å². The Bertz CT molecular complexity index is 73.7. The Hall–Kier alpha value is -0.160. The molecule has 0 aromatic heterocycles. The summed E-state index contributed by atoms with van der Waals surface area (Å²) in [4.78, 5) is 0. The van der Waals surface area contributed by atoms with Crippen molar-refractivity contribution < 1.29 is 0 Å². The van der Waals surface area contributed by atoms with Gasteiger partial charge in [0, 0.05) is 12.1 Å². The predicted molar refractivity (Wildman–Crippen MR) is 59.3 cm³/mol. The number of nitrogens with two attached hydrogens (primary N) is 4. The quantitative estimate of drug-likeness (QED) is 0.449. The minimum Gasteiger partial charge on any atom is -0.330 e.